The molecule has 0 saturated heterocycles. The lowest BCUT2D eigenvalue weighted by atomic mass is 9.95. The second kappa shape index (κ2) is 4.70. The van der Waals surface area contributed by atoms with Crippen molar-refractivity contribution in [1.29, 1.82) is 0 Å². The highest BCUT2D eigenvalue weighted by atomic mass is 32.2. The summed E-state index contributed by atoms with van der Waals surface area (Å²) in [6, 6.07) is 8.33. The van der Waals surface area contributed by atoms with E-state index >= 15 is 0 Å². The molecule has 0 atom stereocenters. The predicted molar refractivity (Wildman–Crippen MR) is 71.0 cm³/mol. The van der Waals surface area contributed by atoms with Crippen LogP contribution in [0.3, 0.4) is 0 Å². The maximum absolute atomic E-state index is 12.1. The highest BCUT2D eigenvalue weighted by Gasteiger charge is 2.51. The number of hydrazine groups is 1. The highest BCUT2D eigenvalue weighted by molar-refractivity contribution is 7.98. The summed E-state index contributed by atoms with van der Waals surface area (Å²) < 4.78 is 0. The van der Waals surface area contributed by atoms with Crippen LogP contribution in [-0.4, -0.2) is 31.3 Å². The van der Waals surface area contributed by atoms with Gasteiger partial charge in [-0.1, -0.05) is 12.1 Å². The molecule has 1 aliphatic rings. The van der Waals surface area contributed by atoms with Gasteiger partial charge in [-0.15, -0.1) is 11.8 Å². The van der Waals surface area contributed by atoms with Crippen molar-refractivity contribution in [2.24, 2.45) is 0 Å². The van der Waals surface area contributed by atoms with E-state index in [1.807, 2.05) is 14.1 Å². The standard InChI is InChI=1S/C13H18N2OS/c1-15(2)14-12(16)13(8-9-13)10-4-6-11(17-3)7-5-10/h4-7H,8-9H2,1-3H3,(H,14,16). The molecule has 17 heavy (non-hydrogen) atoms. The molecule has 1 amide bonds. The van der Waals surface area contributed by atoms with E-state index in [1.54, 1.807) is 16.8 Å². The Hall–Kier alpha value is -1.00. The highest BCUT2D eigenvalue weighted by Crippen LogP contribution is 2.48. The second-order valence-electron chi connectivity index (χ2n) is 4.65. The van der Waals surface area contributed by atoms with Gasteiger partial charge in [0.05, 0.1) is 5.41 Å². The molecule has 92 valence electrons. The summed E-state index contributed by atoms with van der Waals surface area (Å²) in [6.45, 7) is 0. The van der Waals surface area contributed by atoms with Crippen LogP contribution in [0.25, 0.3) is 0 Å². The molecule has 1 N–H and O–H groups in total. The second-order valence-corrected chi connectivity index (χ2v) is 5.53. The van der Waals surface area contributed by atoms with Gasteiger partial charge in [-0.25, -0.2) is 5.01 Å². The number of thioether (sulfide) groups is 1. The summed E-state index contributed by atoms with van der Waals surface area (Å²) in [5.74, 6) is 0.111. The molecular formula is C13H18N2OS. The van der Waals surface area contributed by atoms with Crippen LogP contribution in [0.5, 0.6) is 0 Å². The van der Waals surface area contributed by atoms with Gasteiger partial charge in [0.1, 0.15) is 0 Å². The first-order valence-electron chi connectivity index (χ1n) is 5.71. The van der Waals surface area contributed by atoms with E-state index in [9.17, 15) is 4.79 Å². The van der Waals surface area contributed by atoms with Gasteiger partial charge in [0.2, 0.25) is 5.91 Å². The number of benzene rings is 1. The van der Waals surface area contributed by atoms with E-state index in [0.717, 1.165) is 18.4 Å². The Bertz CT molecular complexity index is 410. The van der Waals surface area contributed by atoms with Crippen LogP contribution in [0, 0.1) is 0 Å². The van der Waals surface area contributed by atoms with Gasteiger partial charge in [0.15, 0.2) is 0 Å². The van der Waals surface area contributed by atoms with E-state index in [2.05, 4.69) is 35.9 Å². The van der Waals surface area contributed by atoms with Crippen LogP contribution < -0.4 is 5.43 Å². The van der Waals surface area contributed by atoms with Crippen molar-refractivity contribution in [1.82, 2.24) is 10.4 Å². The first-order chi connectivity index (χ1) is 8.08. The lowest BCUT2D eigenvalue weighted by molar-refractivity contribution is -0.127. The first-order valence-corrected chi connectivity index (χ1v) is 6.94. The molecule has 1 fully saturated rings. The fourth-order valence-electron chi connectivity index (χ4n) is 1.99. The zero-order valence-corrected chi connectivity index (χ0v) is 11.3. The topological polar surface area (TPSA) is 32.3 Å². The van der Waals surface area contributed by atoms with Crippen molar-refractivity contribution in [2.75, 3.05) is 20.4 Å². The van der Waals surface area contributed by atoms with Gasteiger partial charge in [-0.2, -0.15) is 0 Å². The summed E-state index contributed by atoms with van der Waals surface area (Å²) in [6.07, 6.45) is 3.96. The van der Waals surface area contributed by atoms with Gasteiger partial charge in [-0.05, 0) is 36.8 Å². The normalized spacial score (nSPS) is 16.9. The molecule has 3 nitrogen and oxygen atoms in total. The molecule has 1 aromatic rings. The predicted octanol–water partition coefficient (Wildman–Crippen LogP) is 2.03. The number of hydrogen-bond donors (Lipinski definition) is 1. The van der Waals surface area contributed by atoms with Crippen LogP contribution in [0.4, 0.5) is 0 Å². The quantitative estimate of drug-likeness (QED) is 0.655. The molecular weight excluding hydrogens is 232 g/mol. The van der Waals surface area contributed by atoms with Crippen molar-refractivity contribution in [3.8, 4) is 0 Å². The molecule has 2 rings (SSSR count). The lowest BCUT2D eigenvalue weighted by Crippen LogP contribution is -2.42. The largest absolute Gasteiger partial charge is 0.289 e. The Balaban J connectivity index is 2.17. The molecule has 1 saturated carbocycles. The number of hydrogen-bond acceptors (Lipinski definition) is 3. The summed E-state index contributed by atoms with van der Waals surface area (Å²) >= 11 is 1.72. The van der Waals surface area contributed by atoms with Crippen LogP contribution in [-0.2, 0) is 10.2 Å². The molecule has 1 aliphatic carbocycles. The third kappa shape index (κ3) is 2.48. The van der Waals surface area contributed by atoms with Crippen LogP contribution >= 0.6 is 11.8 Å². The molecule has 0 aliphatic heterocycles. The van der Waals surface area contributed by atoms with Gasteiger partial charge >= 0.3 is 0 Å². The number of nitrogens with zero attached hydrogens (tertiary/aromatic N) is 1. The molecule has 0 bridgehead atoms. The van der Waals surface area contributed by atoms with Crippen LogP contribution in [0.1, 0.15) is 18.4 Å². The number of carbonyl (C=O) groups excluding carboxylic acids is 1. The Labute approximate surface area is 107 Å². The Morgan fingerprint density at radius 1 is 1.29 bits per heavy atom. The lowest BCUT2D eigenvalue weighted by Gasteiger charge is -2.19. The maximum Gasteiger partial charge on any atom is 0.244 e. The Morgan fingerprint density at radius 2 is 1.88 bits per heavy atom. The number of nitrogens with one attached hydrogen (secondary N) is 1. The van der Waals surface area contributed by atoms with Crippen molar-refractivity contribution in [2.45, 2.75) is 23.2 Å². The fraction of sp³-hybridized carbons (Fsp3) is 0.462. The molecule has 4 heteroatoms. The maximum atomic E-state index is 12.1. The van der Waals surface area contributed by atoms with E-state index in [1.165, 1.54) is 4.90 Å². The fourth-order valence-corrected chi connectivity index (χ4v) is 2.40. The SMILES string of the molecule is CSc1ccc(C2(C(=O)NN(C)C)CC2)cc1. The number of rotatable bonds is 4. The zero-order chi connectivity index (χ0) is 12.5. The van der Waals surface area contributed by atoms with E-state index in [-0.39, 0.29) is 11.3 Å². The summed E-state index contributed by atoms with van der Waals surface area (Å²) in [5.41, 5.74) is 3.72. The smallest absolute Gasteiger partial charge is 0.244 e. The molecule has 1 aromatic carbocycles. The van der Waals surface area contributed by atoms with Crippen LogP contribution in [0.15, 0.2) is 29.2 Å². The minimum absolute atomic E-state index is 0.111. The minimum atomic E-state index is -0.277. The Morgan fingerprint density at radius 3 is 2.29 bits per heavy atom. The summed E-state index contributed by atoms with van der Waals surface area (Å²) in [7, 11) is 3.68. The van der Waals surface area contributed by atoms with Crippen molar-refractivity contribution in [3.05, 3.63) is 29.8 Å². The van der Waals surface area contributed by atoms with Gasteiger partial charge in [0.25, 0.3) is 0 Å². The minimum Gasteiger partial charge on any atom is -0.289 e. The molecule has 0 heterocycles. The average molecular weight is 250 g/mol. The van der Waals surface area contributed by atoms with Crippen molar-refractivity contribution >= 4 is 17.7 Å². The third-order valence-corrected chi connectivity index (χ3v) is 3.90. The van der Waals surface area contributed by atoms with Crippen molar-refractivity contribution in [3.63, 3.8) is 0 Å². The van der Waals surface area contributed by atoms with E-state index < -0.39 is 0 Å². The Kier molecular flexibility index (Phi) is 3.45. The monoisotopic (exact) mass is 250 g/mol. The third-order valence-electron chi connectivity index (χ3n) is 3.15. The molecule has 0 aromatic heterocycles. The van der Waals surface area contributed by atoms with Gasteiger partial charge < -0.3 is 0 Å². The first kappa shape index (κ1) is 12.5. The molecule has 0 radical (unpaired) electrons. The number of carbonyl (C=O) groups is 1. The number of amides is 1. The zero-order valence-electron chi connectivity index (χ0n) is 10.5. The van der Waals surface area contributed by atoms with Crippen molar-refractivity contribution < 1.29 is 4.79 Å². The van der Waals surface area contributed by atoms with Gasteiger partial charge in [0, 0.05) is 19.0 Å². The summed E-state index contributed by atoms with van der Waals surface area (Å²) in [4.78, 5) is 13.4. The van der Waals surface area contributed by atoms with E-state index in [0.29, 0.717) is 0 Å². The average Bonchev–Trinajstić information content (AvgIpc) is 3.09. The van der Waals surface area contributed by atoms with Gasteiger partial charge in [-0.3, -0.25) is 10.2 Å². The molecule has 0 unspecified atom stereocenters. The van der Waals surface area contributed by atoms with E-state index in [4.69, 9.17) is 0 Å². The molecule has 0 spiro atoms. The summed E-state index contributed by atoms with van der Waals surface area (Å²) in [5, 5.41) is 1.71. The van der Waals surface area contributed by atoms with Crippen LogP contribution in [0.2, 0.25) is 0 Å².